The summed E-state index contributed by atoms with van der Waals surface area (Å²) in [7, 11) is 0. The zero-order valence-corrected chi connectivity index (χ0v) is 12.0. The molecular formula is C11H20ClN3S. The van der Waals surface area contributed by atoms with Crippen molar-refractivity contribution in [2.75, 3.05) is 13.1 Å². The van der Waals surface area contributed by atoms with Crippen molar-refractivity contribution in [1.82, 2.24) is 14.5 Å². The van der Waals surface area contributed by atoms with Crippen LogP contribution in [0.1, 0.15) is 33.4 Å². The normalized spacial score (nSPS) is 12.0. The van der Waals surface area contributed by atoms with Crippen LogP contribution in [0.4, 0.5) is 0 Å². The molecule has 0 bridgehead atoms. The van der Waals surface area contributed by atoms with Gasteiger partial charge in [-0.15, -0.1) is 5.10 Å². The molecule has 1 aromatic heterocycles. The average Bonchev–Trinajstić information content (AvgIpc) is 2.49. The van der Waals surface area contributed by atoms with Crippen molar-refractivity contribution in [3.05, 3.63) is 10.0 Å². The van der Waals surface area contributed by atoms with Gasteiger partial charge in [-0.3, -0.25) is 4.90 Å². The average molecular weight is 262 g/mol. The molecule has 0 aliphatic heterocycles. The van der Waals surface area contributed by atoms with Crippen LogP contribution in [0.2, 0.25) is 4.34 Å². The number of nitrogens with zero attached hydrogens (tertiary/aromatic N) is 3. The fourth-order valence-corrected chi connectivity index (χ4v) is 2.35. The summed E-state index contributed by atoms with van der Waals surface area (Å²) >= 11 is 7.29. The lowest BCUT2D eigenvalue weighted by Crippen LogP contribution is -2.31. The van der Waals surface area contributed by atoms with Gasteiger partial charge < -0.3 is 0 Å². The molecule has 0 amide bonds. The molecule has 3 nitrogen and oxygen atoms in total. The fraction of sp³-hybridized carbons (Fsp3) is 0.818. The van der Waals surface area contributed by atoms with Crippen molar-refractivity contribution in [2.24, 2.45) is 11.8 Å². The Morgan fingerprint density at radius 3 is 2.12 bits per heavy atom. The summed E-state index contributed by atoms with van der Waals surface area (Å²) in [6.45, 7) is 11.9. The lowest BCUT2D eigenvalue weighted by Gasteiger charge is -2.25. The highest BCUT2D eigenvalue weighted by atomic mass is 35.5. The highest BCUT2D eigenvalue weighted by Crippen LogP contribution is 2.19. The number of hydrogen-bond donors (Lipinski definition) is 0. The minimum absolute atomic E-state index is 0.657. The maximum atomic E-state index is 6.02. The summed E-state index contributed by atoms with van der Waals surface area (Å²) in [5, 5.41) is 4.07. The first kappa shape index (κ1) is 13.9. The third-order valence-electron chi connectivity index (χ3n) is 2.13. The van der Waals surface area contributed by atoms with Gasteiger partial charge in [-0.2, -0.15) is 0 Å². The van der Waals surface area contributed by atoms with Crippen molar-refractivity contribution < 1.29 is 0 Å². The van der Waals surface area contributed by atoms with Gasteiger partial charge in [0, 0.05) is 31.2 Å². The molecular weight excluding hydrogens is 242 g/mol. The van der Waals surface area contributed by atoms with Crippen LogP contribution in [0, 0.1) is 11.8 Å². The van der Waals surface area contributed by atoms with E-state index in [9.17, 15) is 0 Å². The molecule has 0 unspecified atom stereocenters. The molecule has 0 N–H and O–H groups in total. The van der Waals surface area contributed by atoms with Crippen molar-refractivity contribution in [1.29, 1.82) is 0 Å². The van der Waals surface area contributed by atoms with Gasteiger partial charge in [0.05, 0.1) is 0 Å². The Kier molecular flexibility index (Phi) is 5.66. The predicted octanol–water partition coefficient (Wildman–Crippen LogP) is 3.31. The third kappa shape index (κ3) is 4.76. The Balaban J connectivity index is 2.59. The predicted molar refractivity (Wildman–Crippen MR) is 69.9 cm³/mol. The first-order valence-electron chi connectivity index (χ1n) is 5.68. The summed E-state index contributed by atoms with van der Waals surface area (Å²) in [5.74, 6) is 1.31. The highest BCUT2D eigenvalue weighted by Gasteiger charge is 2.14. The van der Waals surface area contributed by atoms with E-state index < -0.39 is 0 Å². The number of hydrogen-bond acceptors (Lipinski definition) is 4. The fourth-order valence-electron chi connectivity index (χ4n) is 1.74. The van der Waals surface area contributed by atoms with Gasteiger partial charge in [-0.05, 0) is 11.8 Å². The molecule has 0 spiro atoms. The molecule has 0 aliphatic rings. The van der Waals surface area contributed by atoms with Crippen LogP contribution in [-0.2, 0) is 6.54 Å². The van der Waals surface area contributed by atoms with Crippen molar-refractivity contribution in [3.8, 4) is 0 Å². The lowest BCUT2D eigenvalue weighted by molar-refractivity contribution is 0.209. The standard InChI is InChI=1S/C11H20ClN3S/c1-8(2)5-15(6-9(3)4)7-10-11(12)16-14-13-10/h8-9H,5-7H2,1-4H3. The van der Waals surface area contributed by atoms with Crippen molar-refractivity contribution in [3.63, 3.8) is 0 Å². The van der Waals surface area contributed by atoms with E-state index >= 15 is 0 Å². The summed E-state index contributed by atoms with van der Waals surface area (Å²) in [6.07, 6.45) is 0. The Morgan fingerprint density at radius 1 is 1.19 bits per heavy atom. The van der Waals surface area contributed by atoms with E-state index in [1.807, 2.05) is 0 Å². The molecule has 0 radical (unpaired) electrons. The van der Waals surface area contributed by atoms with Crippen LogP contribution in [-0.4, -0.2) is 27.6 Å². The van der Waals surface area contributed by atoms with E-state index in [4.69, 9.17) is 11.6 Å². The molecule has 5 heteroatoms. The molecule has 0 atom stereocenters. The number of rotatable bonds is 6. The van der Waals surface area contributed by atoms with Gasteiger partial charge in [0.1, 0.15) is 10.0 Å². The van der Waals surface area contributed by atoms with Crippen molar-refractivity contribution in [2.45, 2.75) is 34.2 Å². The maximum absolute atomic E-state index is 6.02. The molecule has 92 valence electrons. The van der Waals surface area contributed by atoms with Gasteiger partial charge in [0.2, 0.25) is 0 Å². The topological polar surface area (TPSA) is 29.0 Å². The lowest BCUT2D eigenvalue weighted by atomic mass is 10.1. The summed E-state index contributed by atoms with van der Waals surface area (Å²) in [4.78, 5) is 2.40. The van der Waals surface area contributed by atoms with Gasteiger partial charge in [-0.25, -0.2) is 0 Å². The molecule has 1 aromatic rings. The second-order valence-electron chi connectivity index (χ2n) is 4.98. The SMILES string of the molecule is CC(C)CN(Cc1nnsc1Cl)CC(C)C. The van der Waals surface area contributed by atoms with Crippen LogP contribution >= 0.6 is 23.1 Å². The van der Waals surface area contributed by atoms with Crippen LogP contribution in [0.15, 0.2) is 0 Å². The monoisotopic (exact) mass is 261 g/mol. The molecule has 1 rings (SSSR count). The van der Waals surface area contributed by atoms with Gasteiger partial charge >= 0.3 is 0 Å². The van der Waals surface area contributed by atoms with Crippen LogP contribution in [0.3, 0.4) is 0 Å². The second kappa shape index (κ2) is 6.52. The first-order valence-corrected chi connectivity index (χ1v) is 6.83. The second-order valence-corrected chi connectivity index (χ2v) is 6.33. The maximum Gasteiger partial charge on any atom is 0.138 e. The molecule has 16 heavy (non-hydrogen) atoms. The summed E-state index contributed by atoms with van der Waals surface area (Å²) in [5.41, 5.74) is 0.910. The number of aromatic nitrogens is 2. The van der Waals surface area contributed by atoms with E-state index in [0.717, 1.165) is 29.7 Å². The van der Waals surface area contributed by atoms with Gasteiger partial charge in [0.15, 0.2) is 0 Å². The molecule has 0 saturated carbocycles. The zero-order valence-electron chi connectivity index (χ0n) is 10.4. The molecule has 0 fully saturated rings. The van der Waals surface area contributed by atoms with Crippen LogP contribution in [0.25, 0.3) is 0 Å². The minimum Gasteiger partial charge on any atom is -0.297 e. The first-order chi connectivity index (χ1) is 7.49. The summed E-state index contributed by atoms with van der Waals surface area (Å²) < 4.78 is 4.59. The third-order valence-corrected chi connectivity index (χ3v) is 3.11. The van der Waals surface area contributed by atoms with Gasteiger partial charge in [-0.1, -0.05) is 43.8 Å². The smallest absolute Gasteiger partial charge is 0.138 e. The summed E-state index contributed by atoms with van der Waals surface area (Å²) in [6, 6.07) is 0. The van der Waals surface area contributed by atoms with E-state index in [1.54, 1.807) is 0 Å². The quantitative estimate of drug-likeness (QED) is 0.787. The largest absolute Gasteiger partial charge is 0.297 e. The Bertz CT molecular complexity index is 302. The van der Waals surface area contributed by atoms with Crippen LogP contribution in [0.5, 0.6) is 0 Å². The highest BCUT2D eigenvalue weighted by molar-refractivity contribution is 7.10. The molecule has 0 aromatic carbocycles. The molecule has 0 saturated heterocycles. The van der Waals surface area contributed by atoms with Gasteiger partial charge in [0.25, 0.3) is 0 Å². The zero-order chi connectivity index (χ0) is 12.1. The van der Waals surface area contributed by atoms with E-state index in [0.29, 0.717) is 11.8 Å². The van der Waals surface area contributed by atoms with E-state index in [1.165, 1.54) is 11.5 Å². The molecule has 0 aliphatic carbocycles. The van der Waals surface area contributed by atoms with E-state index in [2.05, 4.69) is 42.2 Å². The number of halogens is 1. The Morgan fingerprint density at radius 2 is 1.75 bits per heavy atom. The van der Waals surface area contributed by atoms with E-state index in [-0.39, 0.29) is 0 Å². The van der Waals surface area contributed by atoms with Crippen molar-refractivity contribution >= 4 is 23.1 Å². The Hall–Kier alpha value is -0.190. The van der Waals surface area contributed by atoms with Crippen LogP contribution < -0.4 is 0 Å². The Labute approximate surface area is 107 Å². The minimum atomic E-state index is 0.657. The molecule has 1 heterocycles.